The van der Waals surface area contributed by atoms with E-state index in [1.165, 1.54) is 12.8 Å². The summed E-state index contributed by atoms with van der Waals surface area (Å²) in [6.45, 7) is 3.40. The van der Waals surface area contributed by atoms with Crippen molar-refractivity contribution in [2.24, 2.45) is 11.3 Å². The van der Waals surface area contributed by atoms with Gasteiger partial charge in [0.15, 0.2) is 0 Å². The van der Waals surface area contributed by atoms with Crippen LogP contribution in [0.4, 0.5) is 0 Å². The maximum atomic E-state index is 12.6. The summed E-state index contributed by atoms with van der Waals surface area (Å²) in [5, 5.41) is 0. The number of likely N-dealkylation sites (tertiary alicyclic amines) is 2. The zero-order valence-corrected chi connectivity index (χ0v) is 13.6. The van der Waals surface area contributed by atoms with Crippen molar-refractivity contribution in [1.82, 2.24) is 14.8 Å². The smallest absolute Gasteiger partial charge is 0.270 e. The van der Waals surface area contributed by atoms with Crippen molar-refractivity contribution in [1.29, 1.82) is 0 Å². The molecule has 0 bridgehead atoms. The minimum Gasteiger partial charge on any atom is -0.357 e. The number of amides is 2. The second-order valence-electron chi connectivity index (χ2n) is 7.63. The monoisotopic (exact) mass is 315 g/mol. The third-order valence-corrected chi connectivity index (χ3v) is 5.70. The first-order valence-electron chi connectivity index (χ1n) is 8.86. The van der Waals surface area contributed by atoms with Crippen molar-refractivity contribution in [2.45, 2.75) is 38.5 Å². The van der Waals surface area contributed by atoms with Crippen LogP contribution >= 0.6 is 0 Å². The van der Waals surface area contributed by atoms with Gasteiger partial charge in [-0.3, -0.25) is 9.59 Å². The van der Waals surface area contributed by atoms with Crippen LogP contribution in [0, 0.1) is 11.3 Å². The summed E-state index contributed by atoms with van der Waals surface area (Å²) in [5.74, 6) is 1.14. The second kappa shape index (κ2) is 5.69. The van der Waals surface area contributed by atoms with Crippen LogP contribution in [0.25, 0.3) is 0 Å². The van der Waals surface area contributed by atoms with Gasteiger partial charge < -0.3 is 14.8 Å². The Balaban J connectivity index is 1.46. The molecule has 1 saturated carbocycles. The lowest BCUT2D eigenvalue weighted by Gasteiger charge is -2.48. The Morgan fingerprint density at radius 3 is 2.91 bits per heavy atom. The fourth-order valence-electron chi connectivity index (χ4n) is 4.23. The minimum atomic E-state index is 0.0970. The number of carbonyl (C=O) groups excluding carboxylic acids is 2. The van der Waals surface area contributed by atoms with E-state index in [0.29, 0.717) is 18.0 Å². The molecule has 3 heterocycles. The number of H-pyrrole nitrogens is 1. The number of piperidine rings is 2. The van der Waals surface area contributed by atoms with E-state index >= 15 is 0 Å². The van der Waals surface area contributed by atoms with Crippen molar-refractivity contribution < 1.29 is 9.59 Å². The molecule has 1 aromatic heterocycles. The van der Waals surface area contributed by atoms with E-state index in [9.17, 15) is 9.59 Å². The van der Waals surface area contributed by atoms with Crippen LogP contribution in [-0.2, 0) is 4.79 Å². The van der Waals surface area contributed by atoms with Crippen LogP contribution in [0.2, 0.25) is 0 Å². The molecule has 23 heavy (non-hydrogen) atoms. The van der Waals surface area contributed by atoms with Crippen LogP contribution < -0.4 is 0 Å². The normalized spacial score (nSPS) is 28.4. The van der Waals surface area contributed by atoms with Crippen molar-refractivity contribution in [3.05, 3.63) is 24.0 Å². The Labute approximate surface area is 137 Å². The first kappa shape index (κ1) is 14.8. The predicted octanol–water partition coefficient (Wildman–Crippen LogP) is 2.27. The molecule has 5 heteroatoms. The number of nitrogens with zero attached hydrogens (tertiary/aromatic N) is 2. The van der Waals surface area contributed by atoms with E-state index < -0.39 is 0 Å². The number of aromatic amines is 1. The van der Waals surface area contributed by atoms with Gasteiger partial charge in [-0.1, -0.05) is 0 Å². The number of nitrogens with one attached hydrogen (secondary N) is 1. The van der Waals surface area contributed by atoms with E-state index in [-0.39, 0.29) is 11.3 Å². The van der Waals surface area contributed by atoms with Crippen LogP contribution in [0.3, 0.4) is 0 Å². The van der Waals surface area contributed by atoms with Crippen LogP contribution in [0.1, 0.15) is 49.0 Å². The van der Waals surface area contributed by atoms with E-state index in [4.69, 9.17) is 0 Å². The van der Waals surface area contributed by atoms with E-state index in [0.717, 1.165) is 51.4 Å². The number of hydrogen-bond donors (Lipinski definition) is 1. The van der Waals surface area contributed by atoms with Gasteiger partial charge in [0.25, 0.3) is 5.91 Å². The average Bonchev–Trinajstić information content (AvgIpc) is 3.20. The van der Waals surface area contributed by atoms with Crippen molar-refractivity contribution in [3.63, 3.8) is 0 Å². The topological polar surface area (TPSA) is 56.4 Å². The number of rotatable bonds is 3. The molecule has 1 aromatic rings. The van der Waals surface area contributed by atoms with Gasteiger partial charge in [-0.05, 0) is 50.2 Å². The minimum absolute atomic E-state index is 0.0970. The lowest BCUT2D eigenvalue weighted by atomic mass is 9.73. The van der Waals surface area contributed by atoms with E-state index in [2.05, 4.69) is 9.88 Å². The highest BCUT2D eigenvalue weighted by Crippen LogP contribution is 2.40. The third kappa shape index (κ3) is 3.01. The molecule has 5 nitrogen and oxygen atoms in total. The first-order valence-corrected chi connectivity index (χ1v) is 8.86. The molecule has 2 saturated heterocycles. The quantitative estimate of drug-likeness (QED) is 0.930. The molecule has 2 amide bonds. The number of hydrogen-bond acceptors (Lipinski definition) is 2. The summed E-state index contributed by atoms with van der Waals surface area (Å²) in [6.07, 6.45) is 8.10. The molecule has 2 aliphatic heterocycles. The van der Waals surface area contributed by atoms with Gasteiger partial charge in [-0.25, -0.2) is 0 Å². The lowest BCUT2D eigenvalue weighted by molar-refractivity contribution is -0.139. The van der Waals surface area contributed by atoms with E-state index in [1.54, 1.807) is 6.20 Å². The Hall–Kier alpha value is -1.78. The summed E-state index contributed by atoms with van der Waals surface area (Å²) >= 11 is 0. The Kier molecular flexibility index (Phi) is 3.66. The molecule has 4 rings (SSSR count). The fourth-order valence-corrected chi connectivity index (χ4v) is 4.23. The molecule has 3 aliphatic rings. The highest BCUT2D eigenvalue weighted by molar-refractivity contribution is 5.92. The summed E-state index contributed by atoms with van der Waals surface area (Å²) in [5.41, 5.74) is 0.785. The Bertz CT molecular complexity index is 593. The summed E-state index contributed by atoms with van der Waals surface area (Å²) < 4.78 is 0. The predicted molar refractivity (Wildman–Crippen MR) is 86.9 cm³/mol. The SMILES string of the molecule is O=C1CC[C@]2(CCCN(C(=O)c3ccc[nH]3)C2)CN1CC1CC1. The highest BCUT2D eigenvalue weighted by atomic mass is 16.2. The molecular weight excluding hydrogens is 290 g/mol. The lowest BCUT2D eigenvalue weighted by Crippen LogP contribution is -2.55. The maximum Gasteiger partial charge on any atom is 0.270 e. The van der Waals surface area contributed by atoms with Gasteiger partial charge >= 0.3 is 0 Å². The standard InChI is InChI=1S/C18H25N3O2/c22-16-6-8-18(13-21(16)11-14-4-5-14)7-2-10-20(12-18)17(23)15-3-1-9-19-15/h1,3,9,14,19H,2,4-8,10-13H2/t18-/m0/s1. The summed E-state index contributed by atoms with van der Waals surface area (Å²) in [7, 11) is 0. The second-order valence-corrected chi connectivity index (χ2v) is 7.63. The molecule has 1 aliphatic carbocycles. The molecular formula is C18H25N3O2. The maximum absolute atomic E-state index is 12.6. The number of carbonyl (C=O) groups is 2. The number of aromatic nitrogens is 1. The van der Waals surface area contributed by atoms with Crippen molar-refractivity contribution >= 4 is 11.8 Å². The average molecular weight is 315 g/mol. The van der Waals surface area contributed by atoms with Gasteiger partial charge in [-0.2, -0.15) is 0 Å². The van der Waals surface area contributed by atoms with Crippen molar-refractivity contribution in [3.8, 4) is 0 Å². The van der Waals surface area contributed by atoms with Crippen molar-refractivity contribution in [2.75, 3.05) is 26.2 Å². The molecule has 124 valence electrons. The van der Waals surface area contributed by atoms with Crippen LogP contribution in [0.5, 0.6) is 0 Å². The van der Waals surface area contributed by atoms with Gasteiger partial charge in [0.05, 0.1) is 0 Å². The molecule has 0 radical (unpaired) electrons. The van der Waals surface area contributed by atoms with E-state index in [1.807, 2.05) is 17.0 Å². The Morgan fingerprint density at radius 1 is 1.30 bits per heavy atom. The van der Waals surface area contributed by atoms with Crippen LogP contribution in [0.15, 0.2) is 18.3 Å². The largest absolute Gasteiger partial charge is 0.357 e. The van der Waals surface area contributed by atoms with Gasteiger partial charge in [0, 0.05) is 44.2 Å². The summed E-state index contributed by atoms with van der Waals surface area (Å²) in [6, 6.07) is 3.71. The van der Waals surface area contributed by atoms with Gasteiger partial charge in [-0.15, -0.1) is 0 Å². The Morgan fingerprint density at radius 2 is 2.17 bits per heavy atom. The zero-order chi connectivity index (χ0) is 15.9. The third-order valence-electron chi connectivity index (χ3n) is 5.70. The summed E-state index contributed by atoms with van der Waals surface area (Å²) in [4.78, 5) is 32.0. The highest BCUT2D eigenvalue weighted by Gasteiger charge is 2.43. The molecule has 1 spiro atoms. The first-order chi connectivity index (χ1) is 11.2. The molecule has 0 unspecified atom stereocenters. The molecule has 1 atom stereocenters. The molecule has 3 fully saturated rings. The van der Waals surface area contributed by atoms with Gasteiger partial charge in [0.2, 0.25) is 5.91 Å². The zero-order valence-electron chi connectivity index (χ0n) is 13.6. The molecule has 0 aromatic carbocycles. The van der Waals surface area contributed by atoms with Gasteiger partial charge in [0.1, 0.15) is 5.69 Å². The van der Waals surface area contributed by atoms with Crippen LogP contribution in [-0.4, -0.2) is 52.8 Å². The molecule has 1 N–H and O–H groups in total. The fraction of sp³-hybridized carbons (Fsp3) is 0.667.